The Kier molecular flexibility index (Phi) is 11.6. The van der Waals surface area contributed by atoms with E-state index in [2.05, 4.69) is 18.8 Å². The van der Waals surface area contributed by atoms with Gasteiger partial charge in [0.2, 0.25) is 0 Å². The lowest BCUT2D eigenvalue weighted by atomic mass is 10.0. The predicted molar refractivity (Wildman–Crippen MR) is 93.2 cm³/mol. The van der Waals surface area contributed by atoms with Crippen molar-refractivity contribution in [3.05, 3.63) is 0 Å². The van der Waals surface area contributed by atoms with Crippen LogP contribution in [0, 0.1) is 0 Å². The number of aliphatic imine (C=N–C) groups is 1. The van der Waals surface area contributed by atoms with Crippen LogP contribution in [-0.4, -0.2) is 18.5 Å². The van der Waals surface area contributed by atoms with Crippen molar-refractivity contribution in [3.8, 4) is 0 Å². The van der Waals surface area contributed by atoms with Gasteiger partial charge in [0.1, 0.15) is 6.61 Å². The van der Waals surface area contributed by atoms with Gasteiger partial charge in [0, 0.05) is 6.42 Å². The van der Waals surface area contributed by atoms with Crippen LogP contribution < -0.4 is 0 Å². The van der Waals surface area contributed by atoms with Crippen molar-refractivity contribution >= 4 is 5.90 Å². The minimum absolute atomic E-state index is 0.391. The highest BCUT2D eigenvalue weighted by molar-refractivity contribution is 5.77. The lowest BCUT2D eigenvalue weighted by Gasteiger charge is -2.03. The summed E-state index contributed by atoms with van der Waals surface area (Å²) >= 11 is 0. The molecule has 0 saturated heterocycles. The monoisotopic (exact) mass is 295 g/mol. The fourth-order valence-electron chi connectivity index (χ4n) is 2.97. The average Bonchev–Trinajstić information content (AvgIpc) is 2.89. The van der Waals surface area contributed by atoms with Gasteiger partial charge in [-0.25, -0.2) is 4.99 Å². The van der Waals surface area contributed by atoms with Crippen molar-refractivity contribution in [2.75, 3.05) is 6.61 Å². The second-order valence-electron chi connectivity index (χ2n) is 6.68. The van der Waals surface area contributed by atoms with Gasteiger partial charge in [0.15, 0.2) is 5.90 Å². The van der Waals surface area contributed by atoms with E-state index in [4.69, 9.17) is 4.74 Å². The number of nitrogens with zero attached hydrogens (tertiary/aromatic N) is 1. The molecule has 0 aromatic carbocycles. The maximum Gasteiger partial charge on any atom is 0.183 e. The van der Waals surface area contributed by atoms with E-state index < -0.39 is 0 Å². The highest BCUT2D eigenvalue weighted by Gasteiger charge is 2.12. The lowest BCUT2D eigenvalue weighted by molar-refractivity contribution is 0.314. The summed E-state index contributed by atoms with van der Waals surface area (Å²) < 4.78 is 5.52. The van der Waals surface area contributed by atoms with Gasteiger partial charge in [-0.1, -0.05) is 84.0 Å². The SMILES string of the molecule is CCCCCCCCCCCCCCCC1=NC(C)CO1. The van der Waals surface area contributed by atoms with Crippen molar-refractivity contribution in [1.29, 1.82) is 0 Å². The molecule has 124 valence electrons. The Bertz CT molecular complexity index is 262. The molecule has 0 aromatic heterocycles. The largest absolute Gasteiger partial charge is 0.479 e. The van der Waals surface area contributed by atoms with E-state index >= 15 is 0 Å². The Balaban J connectivity index is 1.72. The summed E-state index contributed by atoms with van der Waals surface area (Å²) in [6.45, 7) is 5.21. The molecule has 1 rings (SSSR count). The zero-order chi connectivity index (χ0) is 15.2. The molecule has 0 bridgehead atoms. The van der Waals surface area contributed by atoms with E-state index in [1.54, 1.807) is 0 Å². The van der Waals surface area contributed by atoms with Gasteiger partial charge in [0.25, 0.3) is 0 Å². The normalized spacial score (nSPS) is 17.8. The van der Waals surface area contributed by atoms with E-state index in [1.807, 2.05) is 0 Å². The van der Waals surface area contributed by atoms with Gasteiger partial charge < -0.3 is 4.74 Å². The quantitative estimate of drug-likeness (QED) is 0.345. The average molecular weight is 296 g/mol. The minimum Gasteiger partial charge on any atom is -0.479 e. The van der Waals surface area contributed by atoms with E-state index in [9.17, 15) is 0 Å². The molecule has 1 atom stereocenters. The van der Waals surface area contributed by atoms with Crippen LogP contribution in [0.4, 0.5) is 0 Å². The van der Waals surface area contributed by atoms with Gasteiger partial charge in [-0.2, -0.15) is 0 Å². The zero-order valence-corrected chi connectivity index (χ0v) is 14.5. The van der Waals surface area contributed by atoms with Crippen LogP contribution in [-0.2, 0) is 4.74 Å². The van der Waals surface area contributed by atoms with E-state index in [1.165, 1.54) is 83.5 Å². The number of unbranched alkanes of at least 4 members (excludes halogenated alkanes) is 12. The van der Waals surface area contributed by atoms with Crippen LogP contribution in [0.15, 0.2) is 4.99 Å². The molecule has 0 aromatic rings. The molecule has 21 heavy (non-hydrogen) atoms. The third kappa shape index (κ3) is 10.8. The van der Waals surface area contributed by atoms with Crippen LogP contribution >= 0.6 is 0 Å². The molecule has 0 fully saturated rings. The molecule has 0 aliphatic carbocycles. The van der Waals surface area contributed by atoms with Crippen LogP contribution in [0.2, 0.25) is 0 Å². The lowest BCUT2D eigenvalue weighted by Crippen LogP contribution is -2.00. The minimum atomic E-state index is 0.391. The maximum absolute atomic E-state index is 5.52. The molecule has 1 aliphatic heterocycles. The fraction of sp³-hybridized carbons (Fsp3) is 0.947. The van der Waals surface area contributed by atoms with Crippen LogP contribution in [0.25, 0.3) is 0 Å². The summed E-state index contributed by atoms with van der Waals surface area (Å²) in [5.74, 6) is 1.01. The van der Waals surface area contributed by atoms with Crippen molar-refractivity contribution in [3.63, 3.8) is 0 Å². The summed E-state index contributed by atoms with van der Waals surface area (Å²) in [5, 5.41) is 0. The first-order chi connectivity index (χ1) is 10.3. The van der Waals surface area contributed by atoms with E-state index in [0.717, 1.165) is 18.9 Å². The topological polar surface area (TPSA) is 21.6 Å². The highest BCUT2D eigenvalue weighted by atomic mass is 16.5. The Morgan fingerprint density at radius 3 is 1.71 bits per heavy atom. The van der Waals surface area contributed by atoms with Gasteiger partial charge in [-0.3, -0.25) is 0 Å². The molecule has 0 N–H and O–H groups in total. The summed E-state index contributed by atoms with van der Waals surface area (Å²) in [6, 6.07) is 0.391. The van der Waals surface area contributed by atoms with Crippen molar-refractivity contribution in [1.82, 2.24) is 0 Å². The molecular formula is C19H37NO. The van der Waals surface area contributed by atoms with Crippen LogP contribution in [0.1, 0.15) is 104 Å². The molecule has 0 saturated carbocycles. The van der Waals surface area contributed by atoms with Gasteiger partial charge in [0.05, 0.1) is 6.04 Å². The molecule has 1 unspecified atom stereocenters. The zero-order valence-electron chi connectivity index (χ0n) is 14.5. The van der Waals surface area contributed by atoms with Crippen LogP contribution in [0.5, 0.6) is 0 Å². The Hall–Kier alpha value is -0.530. The van der Waals surface area contributed by atoms with Gasteiger partial charge >= 0.3 is 0 Å². The highest BCUT2D eigenvalue weighted by Crippen LogP contribution is 2.14. The maximum atomic E-state index is 5.52. The standard InChI is InChI=1S/C19H37NO/c1-3-4-5-6-7-8-9-10-11-12-13-14-15-16-19-20-18(2)17-21-19/h18H,3-17H2,1-2H3. The Morgan fingerprint density at radius 1 is 0.810 bits per heavy atom. The first kappa shape index (κ1) is 18.5. The molecule has 2 heteroatoms. The third-order valence-corrected chi connectivity index (χ3v) is 4.35. The molecule has 0 spiro atoms. The second-order valence-corrected chi connectivity index (χ2v) is 6.68. The molecule has 1 aliphatic rings. The summed E-state index contributed by atoms with van der Waals surface area (Å²) in [4.78, 5) is 4.48. The summed E-state index contributed by atoms with van der Waals surface area (Å²) in [7, 11) is 0. The molecule has 1 heterocycles. The number of rotatable bonds is 14. The smallest absolute Gasteiger partial charge is 0.183 e. The van der Waals surface area contributed by atoms with E-state index in [0.29, 0.717) is 6.04 Å². The van der Waals surface area contributed by atoms with Gasteiger partial charge in [-0.15, -0.1) is 0 Å². The van der Waals surface area contributed by atoms with Crippen LogP contribution in [0.3, 0.4) is 0 Å². The number of hydrogen-bond donors (Lipinski definition) is 0. The second kappa shape index (κ2) is 13.2. The van der Waals surface area contributed by atoms with Crippen molar-refractivity contribution < 1.29 is 4.74 Å². The Labute approximate surface area is 132 Å². The summed E-state index contributed by atoms with van der Waals surface area (Å²) in [6.07, 6.45) is 19.4. The van der Waals surface area contributed by atoms with Crippen molar-refractivity contribution in [2.45, 2.75) is 110 Å². The van der Waals surface area contributed by atoms with E-state index in [-0.39, 0.29) is 0 Å². The molecule has 0 radical (unpaired) electrons. The molecular weight excluding hydrogens is 258 g/mol. The molecule has 2 nitrogen and oxygen atoms in total. The van der Waals surface area contributed by atoms with Crippen molar-refractivity contribution in [2.24, 2.45) is 4.99 Å². The first-order valence-electron chi connectivity index (χ1n) is 9.52. The number of hydrogen-bond acceptors (Lipinski definition) is 2. The predicted octanol–water partition coefficient (Wildman–Crippen LogP) is 6.28. The summed E-state index contributed by atoms with van der Waals surface area (Å²) in [5.41, 5.74) is 0. The van der Waals surface area contributed by atoms with Gasteiger partial charge in [-0.05, 0) is 13.3 Å². The number of ether oxygens (including phenoxy) is 1. The third-order valence-electron chi connectivity index (χ3n) is 4.35. The fourth-order valence-corrected chi connectivity index (χ4v) is 2.97. The molecule has 0 amide bonds. The Morgan fingerprint density at radius 2 is 1.29 bits per heavy atom. The first-order valence-corrected chi connectivity index (χ1v) is 9.52.